The maximum absolute atomic E-state index is 11.1. The van der Waals surface area contributed by atoms with Crippen molar-refractivity contribution in [2.24, 2.45) is 0 Å². The predicted octanol–water partition coefficient (Wildman–Crippen LogP) is 1.88. The molecular formula is C14H19NO3. The van der Waals surface area contributed by atoms with E-state index in [1.807, 2.05) is 24.3 Å². The number of hydrogen-bond acceptors (Lipinski definition) is 4. The third kappa shape index (κ3) is 2.82. The van der Waals surface area contributed by atoms with Gasteiger partial charge in [0.1, 0.15) is 0 Å². The monoisotopic (exact) mass is 249 g/mol. The molecule has 0 saturated carbocycles. The molecule has 1 unspecified atom stereocenters. The van der Waals surface area contributed by atoms with E-state index in [-0.39, 0.29) is 12.1 Å². The summed E-state index contributed by atoms with van der Waals surface area (Å²) in [6, 6.07) is 7.91. The molecule has 0 aromatic heterocycles. The van der Waals surface area contributed by atoms with Crippen LogP contribution in [0.25, 0.3) is 0 Å². The molecule has 0 amide bonds. The summed E-state index contributed by atoms with van der Waals surface area (Å²) in [5.41, 5.74) is 2.07. The maximum Gasteiger partial charge on any atom is 0.305 e. The highest BCUT2D eigenvalue weighted by Gasteiger charge is 2.22. The van der Waals surface area contributed by atoms with Crippen LogP contribution in [0, 0.1) is 0 Å². The van der Waals surface area contributed by atoms with Gasteiger partial charge in [-0.15, -0.1) is 0 Å². The first kappa shape index (κ1) is 12.9. The van der Waals surface area contributed by atoms with Gasteiger partial charge in [-0.3, -0.25) is 4.79 Å². The standard InChI is InChI=1S/C14H19NO3/c1-18-14(17)7-4-9-15-10-8-13(16)11-5-2-3-6-12(11)15/h2-3,5-6,13,16H,4,7-10H2,1H3. The minimum absolute atomic E-state index is 0.166. The second-order valence-corrected chi connectivity index (χ2v) is 4.53. The lowest BCUT2D eigenvalue weighted by atomic mass is 9.98. The lowest BCUT2D eigenvalue weighted by Crippen LogP contribution is -2.32. The van der Waals surface area contributed by atoms with Crippen molar-refractivity contribution in [3.05, 3.63) is 29.8 Å². The van der Waals surface area contributed by atoms with Crippen molar-refractivity contribution < 1.29 is 14.6 Å². The molecule has 1 aromatic rings. The van der Waals surface area contributed by atoms with Crippen molar-refractivity contribution in [1.82, 2.24) is 0 Å². The van der Waals surface area contributed by atoms with E-state index >= 15 is 0 Å². The van der Waals surface area contributed by atoms with Gasteiger partial charge in [-0.05, 0) is 18.9 Å². The van der Waals surface area contributed by atoms with E-state index in [9.17, 15) is 9.90 Å². The number of carbonyl (C=O) groups excluding carboxylic acids is 1. The lowest BCUT2D eigenvalue weighted by Gasteiger charge is -2.33. The second-order valence-electron chi connectivity index (χ2n) is 4.53. The molecule has 0 bridgehead atoms. The van der Waals surface area contributed by atoms with Gasteiger partial charge in [0.05, 0.1) is 13.2 Å². The summed E-state index contributed by atoms with van der Waals surface area (Å²) in [6.45, 7) is 1.65. The molecule has 0 fully saturated rings. The molecule has 1 N–H and O–H groups in total. The number of carbonyl (C=O) groups is 1. The Balaban J connectivity index is 1.98. The SMILES string of the molecule is COC(=O)CCCN1CCC(O)c2ccccc21. The fourth-order valence-corrected chi connectivity index (χ4v) is 2.36. The molecule has 18 heavy (non-hydrogen) atoms. The summed E-state index contributed by atoms with van der Waals surface area (Å²) in [4.78, 5) is 13.3. The van der Waals surface area contributed by atoms with E-state index in [0.29, 0.717) is 6.42 Å². The summed E-state index contributed by atoms with van der Waals surface area (Å²) in [5.74, 6) is -0.166. The number of ether oxygens (including phenoxy) is 1. The lowest BCUT2D eigenvalue weighted by molar-refractivity contribution is -0.140. The van der Waals surface area contributed by atoms with E-state index in [1.54, 1.807) is 0 Å². The number of nitrogens with zero attached hydrogens (tertiary/aromatic N) is 1. The topological polar surface area (TPSA) is 49.8 Å². The summed E-state index contributed by atoms with van der Waals surface area (Å²) < 4.78 is 4.63. The Morgan fingerprint density at radius 2 is 2.28 bits per heavy atom. The molecular weight excluding hydrogens is 230 g/mol. The van der Waals surface area contributed by atoms with Gasteiger partial charge in [-0.25, -0.2) is 0 Å². The fourth-order valence-electron chi connectivity index (χ4n) is 2.36. The fraction of sp³-hybridized carbons (Fsp3) is 0.500. The Kier molecular flexibility index (Phi) is 4.20. The Morgan fingerprint density at radius 1 is 1.50 bits per heavy atom. The van der Waals surface area contributed by atoms with E-state index in [2.05, 4.69) is 9.64 Å². The predicted molar refractivity (Wildman–Crippen MR) is 69.5 cm³/mol. The number of benzene rings is 1. The molecule has 4 nitrogen and oxygen atoms in total. The second kappa shape index (κ2) is 5.87. The van der Waals surface area contributed by atoms with E-state index in [0.717, 1.165) is 37.2 Å². The van der Waals surface area contributed by atoms with Gasteiger partial charge in [0.2, 0.25) is 0 Å². The van der Waals surface area contributed by atoms with Crippen LogP contribution in [0.15, 0.2) is 24.3 Å². The van der Waals surface area contributed by atoms with Crippen LogP contribution in [0.3, 0.4) is 0 Å². The zero-order valence-electron chi connectivity index (χ0n) is 10.6. The normalized spacial score (nSPS) is 18.3. The molecule has 1 aliphatic heterocycles. The number of aliphatic hydroxyl groups is 1. The Morgan fingerprint density at radius 3 is 3.06 bits per heavy atom. The molecule has 1 atom stereocenters. The van der Waals surface area contributed by atoms with Gasteiger partial charge in [0.15, 0.2) is 0 Å². The molecule has 1 heterocycles. The average Bonchev–Trinajstić information content (AvgIpc) is 2.41. The molecule has 98 valence electrons. The van der Waals surface area contributed by atoms with Crippen LogP contribution in [0.5, 0.6) is 0 Å². The van der Waals surface area contributed by atoms with Crippen molar-refractivity contribution >= 4 is 11.7 Å². The number of methoxy groups -OCH3 is 1. The van der Waals surface area contributed by atoms with Crippen LogP contribution in [0.2, 0.25) is 0 Å². The first-order valence-corrected chi connectivity index (χ1v) is 6.31. The van der Waals surface area contributed by atoms with Crippen molar-refractivity contribution in [2.75, 3.05) is 25.1 Å². The number of anilines is 1. The van der Waals surface area contributed by atoms with Gasteiger partial charge in [-0.1, -0.05) is 18.2 Å². The van der Waals surface area contributed by atoms with Crippen LogP contribution in [0.1, 0.15) is 30.9 Å². The highest BCUT2D eigenvalue weighted by Crippen LogP contribution is 2.33. The molecule has 4 heteroatoms. The summed E-state index contributed by atoms with van der Waals surface area (Å²) >= 11 is 0. The van der Waals surface area contributed by atoms with Crippen LogP contribution >= 0.6 is 0 Å². The Labute approximate surface area is 107 Å². The summed E-state index contributed by atoms with van der Waals surface area (Å²) in [6.07, 6.45) is 1.60. The number of para-hydroxylation sites is 1. The number of rotatable bonds is 4. The third-order valence-corrected chi connectivity index (χ3v) is 3.35. The minimum Gasteiger partial charge on any atom is -0.469 e. The Bertz CT molecular complexity index is 419. The smallest absolute Gasteiger partial charge is 0.305 e. The first-order chi connectivity index (χ1) is 8.72. The van der Waals surface area contributed by atoms with Gasteiger partial charge < -0.3 is 14.7 Å². The molecule has 2 rings (SSSR count). The van der Waals surface area contributed by atoms with Crippen LogP contribution < -0.4 is 4.90 Å². The van der Waals surface area contributed by atoms with E-state index < -0.39 is 0 Å². The highest BCUT2D eigenvalue weighted by molar-refractivity contribution is 5.69. The molecule has 0 spiro atoms. The number of fused-ring (bicyclic) bond motifs is 1. The van der Waals surface area contributed by atoms with Crippen molar-refractivity contribution in [3.63, 3.8) is 0 Å². The maximum atomic E-state index is 11.1. The van der Waals surface area contributed by atoms with Crippen LogP contribution in [0.4, 0.5) is 5.69 Å². The van der Waals surface area contributed by atoms with Crippen molar-refractivity contribution in [1.29, 1.82) is 0 Å². The van der Waals surface area contributed by atoms with Gasteiger partial charge >= 0.3 is 5.97 Å². The third-order valence-electron chi connectivity index (χ3n) is 3.35. The van der Waals surface area contributed by atoms with Crippen LogP contribution in [-0.2, 0) is 9.53 Å². The summed E-state index contributed by atoms with van der Waals surface area (Å²) in [7, 11) is 1.41. The van der Waals surface area contributed by atoms with Gasteiger partial charge in [0.25, 0.3) is 0 Å². The zero-order chi connectivity index (χ0) is 13.0. The highest BCUT2D eigenvalue weighted by atomic mass is 16.5. The molecule has 1 aromatic carbocycles. The van der Waals surface area contributed by atoms with Gasteiger partial charge in [-0.2, -0.15) is 0 Å². The van der Waals surface area contributed by atoms with Crippen molar-refractivity contribution in [3.8, 4) is 0 Å². The van der Waals surface area contributed by atoms with Crippen molar-refractivity contribution in [2.45, 2.75) is 25.4 Å². The Hall–Kier alpha value is -1.55. The van der Waals surface area contributed by atoms with Crippen LogP contribution in [-0.4, -0.2) is 31.3 Å². The molecule has 1 aliphatic rings. The zero-order valence-corrected chi connectivity index (χ0v) is 10.6. The van der Waals surface area contributed by atoms with E-state index in [4.69, 9.17) is 0 Å². The largest absolute Gasteiger partial charge is 0.469 e. The molecule has 0 aliphatic carbocycles. The minimum atomic E-state index is -0.363. The molecule has 0 radical (unpaired) electrons. The number of esters is 1. The molecule has 0 saturated heterocycles. The van der Waals surface area contributed by atoms with Gasteiger partial charge in [0, 0.05) is 30.8 Å². The quantitative estimate of drug-likeness (QED) is 0.828. The summed E-state index contributed by atoms with van der Waals surface area (Å²) in [5, 5.41) is 9.93. The number of hydrogen-bond donors (Lipinski definition) is 1. The average molecular weight is 249 g/mol. The number of aliphatic hydroxyl groups excluding tert-OH is 1. The van der Waals surface area contributed by atoms with E-state index in [1.165, 1.54) is 7.11 Å². The first-order valence-electron chi connectivity index (χ1n) is 6.31.